The van der Waals surface area contributed by atoms with Crippen molar-refractivity contribution in [2.45, 2.75) is 19.8 Å². The number of hydrogen-bond acceptors (Lipinski definition) is 4. The van der Waals surface area contributed by atoms with Gasteiger partial charge in [-0.15, -0.1) is 0 Å². The summed E-state index contributed by atoms with van der Waals surface area (Å²) in [7, 11) is 1.87. The molecular formula is C14H17BrN4. The zero-order valence-electron chi connectivity index (χ0n) is 11.2. The van der Waals surface area contributed by atoms with Crippen LogP contribution in [0.2, 0.25) is 0 Å². The van der Waals surface area contributed by atoms with Gasteiger partial charge in [-0.1, -0.05) is 26.0 Å². The number of nitrogens with one attached hydrogen (secondary N) is 2. The predicted molar refractivity (Wildman–Crippen MR) is 83.1 cm³/mol. The Kier molecular flexibility index (Phi) is 4.37. The molecular weight excluding hydrogens is 304 g/mol. The summed E-state index contributed by atoms with van der Waals surface area (Å²) in [5, 5.41) is 6.47. The fraction of sp³-hybridized carbons (Fsp3) is 0.286. The molecule has 0 unspecified atom stereocenters. The van der Waals surface area contributed by atoms with E-state index in [1.165, 1.54) is 0 Å². The Labute approximate surface area is 121 Å². The Bertz CT molecular complexity index is 569. The summed E-state index contributed by atoms with van der Waals surface area (Å²) < 4.78 is 1.01. The highest BCUT2D eigenvalue weighted by molar-refractivity contribution is 9.10. The molecule has 0 spiro atoms. The van der Waals surface area contributed by atoms with Gasteiger partial charge in [0.1, 0.15) is 18.0 Å². The Balaban J connectivity index is 2.43. The van der Waals surface area contributed by atoms with Crippen molar-refractivity contribution in [3.05, 3.63) is 40.6 Å². The summed E-state index contributed by atoms with van der Waals surface area (Å²) in [5.74, 6) is 2.02. The molecule has 0 radical (unpaired) electrons. The molecule has 0 aliphatic rings. The second-order valence-electron chi connectivity index (χ2n) is 4.49. The van der Waals surface area contributed by atoms with E-state index in [-0.39, 0.29) is 0 Å². The molecule has 5 heteroatoms. The largest absolute Gasteiger partial charge is 0.373 e. The lowest BCUT2D eigenvalue weighted by molar-refractivity contribution is 0.852. The van der Waals surface area contributed by atoms with Crippen LogP contribution in [0.25, 0.3) is 0 Å². The van der Waals surface area contributed by atoms with Crippen molar-refractivity contribution in [1.82, 2.24) is 9.97 Å². The van der Waals surface area contributed by atoms with Crippen LogP contribution in [0.3, 0.4) is 0 Å². The van der Waals surface area contributed by atoms with E-state index in [2.05, 4.69) is 50.4 Å². The molecule has 0 saturated heterocycles. The summed E-state index contributed by atoms with van der Waals surface area (Å²) in [5.41, 5.74) is 2.07. The molecule has 100 valence electrons. The number of nitrogens with zero attached hydrogens (tertiary/aromatic N) is 2. The molecule has 2 rings (SSSR count). The van der Waals surface area contributed by atoms with Gasteiger partial charge in [0.15, 0.2) is 0 Å². The average Bonchev–Trinajstić information content (AvgIpc) is 2.40. The van der Waals surface area contributed by atoms with Crippen molar-refractivity contribution in [3.63, 3.8) is 0 Å². The maximum atomic E-state index is 4.36. The molecule has 0 aliphatic carbocycles. The van der Waals surface area contributed by atoms with Crippen molar-refractivity contribution in [2.75, 3.05) is 17.7 Å². The van der Waals surface area contributed by atoms with Crippen LogP contribution in [-0.4, -0.2) is 17.0 Å². The highest BCUT2D eigenvalue weighted by Gasteiger charge is 2.14. The summed E-state index contributed by atoms with van der Waals surface area (Å²) in [6.07, 6.45) is 1.57. The molecule has 0 atom stereocenters. The summed E-state index contributed by atoms with van der Waals surface area (Å²) in [6.45, 7) is 4.26. The molecule has 1 aromatic heterocycles. The average molecular weight is 321 g/mol. The second kappa shape index (κ2) is 6.02. The topological polar surface area (TPSA) is 49.8 Å². The number of halogens is 1. The van der Waals surface area contributed by atoms with Gasteiger partial charge < -0.3 is 10.6 Å². The first kappa shape index (κ1) is 13.8. The number of benzene rings is 1. The van der Waals surface area contributed by atoms with Gasteiger partial charge >= 0.3 is 0 Å². The summed E-state index contributed by atoms with van der Waals surface area (Å²) in [6, 6.07) is 7.98. The van der Waals surface area contributed by atoms with Gasteiger partial charge in [-0.2, -0.15) is 0 Å². The molecule has 1 aromatic carbocycles. The molecule has 0 amide bonds. The van der Waals surface area contributed by atoms with Crippen LogP contribution < -0.4 is 10.6 Å². The fourth-order valence-electron chi connectivity index (χ4n) is 1.93. The summed E-state index contributed by atoms with van der Waals surface area (Å²) in [4.78, 5) is 8.63. The van der Waals surface area contributed by atoms with Crippen LogP contribution in [0.5, 0.6) is 0 Å². The highest BCUT2D eigenvalue weighted by Crippen LogP contribution is 2.32. The monoisotopic (exact) mass is 320 g/mol. The van der Waals surface area contributed by atoms with Gasteiger partial charge in [0.05, 0.1) is 5.69 Å². The van der Waals surface area contributed by atoms with E-state index in [1.54, 1.807) is 6.33 Å². The van der Waals surface area contributed by atoms with E-state index >= 15 is 0 Å². The van der Waals surface area contributed by atoms with Crippen LogP contribution in [0.15, 0.2) is 35.1 Å². The standard InChI is InChI=1S/C14H17BrN4/c1-9(2)12-13(16-3)17-8-18-14(12)19-11-7-5-4-6-10(11)15/h4-9H,1-3H3,(H2,16,17,18,19). The Hall–Kier alpha value is -1.62. The first-order valence-electron chi connectivity index (χ1n) is 6.17. The zero-order chi connectivity index (χ0) is 13.8. The Morgan fingerprint density at radius 1 is 1.11 bits per heavy atom. The van der Waals surface area contributed by atoms with E-state index in [1.807, 2.05) is 31.3 Å². The maximum Gasteiger partial charge on any atom is 0.139 e. The van der Waals surface area contributed by atoms with Crippen LogP contribution in [0, 0.1) is 0 Å². The third-order valence-electron chi connectivity index (χ3n) is 2.82. The normalized spacial score (nSPS) is 10.6. The number of aromatic nitrogens is 2. The molecule has 2 N–H and O–H groups in total. The third-order valence-corrected chi connectivity index (χ3v) is 3.52. The lowest BCUT2D eigenvalue weighted by Crippen LogP contribution is -2.07. The van der Waals surface area contributed by atoms with Gasteiger partial charge in [0.2, 0.25) is 0 Å². The molecule has 0 bridgehead atoms. The first-order valence-corrected chi connectivity index (χ1v) is 6.97. The second-order valence-corrected chi connectivity index (χ2v) is 5.35. The summed E-state index contributed by atoms with van der Waals surface area (Å²) >= 11 is 3.53. The SMILES string of the molecule is CNc1ncnc(Nc2ccccc2Br)c1C(C)C. The molecule has 19 heavy (non-hydrogen) atoms. The lowest BCUT2D eigenvalue weighted by atomic mass is 10.0. The van der Waals surface area contributed by atoms with Crippen molar-refractivity contribution in [1.29, 1.82) is 0 Å². The lowest BCUT2D eigenvalue weighted by Gasteiger charge is -2.17. The van der Waals surface area contributed by atoms with Crippen molar-refractivity contribution in [2.24, 2.45) is 0 Å². The van der Waals surface area contributed by atoms with Gasteiger partial charge in [0, 0.05) is 17.1 Å². The van der Waals surface area contributed by atoms with Crippen LogP contribution in [0.1, 0.15) is 25.3 Å². The van der Waals surface area contributed by atoms with Crippen molar-refractivity contribution >= 4 is 33.3 Å². The first-order chi connectivity index (χ1) is 9.13. The van der Waals surface area contributed by atoms with Gasteiger partial charge in [-0.05, 0) is 34.0 Å². The van der Waals surface area contributed by atoms with Gasteiger partial charge in [-0.25, -0.2) is 9.97 Å². The van der Waals surface area contributed by atoms with Gasteiger partial charge in [0.25, 0.3) is 0 Å². The smallest absolute Gasteiger partial charge is 0.139 e. The van der Waals surface area contributed by atoms with Crippen molar-refractivity contribution < 1.29 is 0 Å². The number of para-hydroxylation sites is 1. The highest BCUT2D eigenvalue weighted by atomic mass is 79.9. The quantitative estimate of drug-likeness (QED) is 0.888. The van der Waals surface area contributed by atoms with E-state index in [0.717, 1.165) is 27.4 Å². The van der Waals surface area contributed by atoms with E-state index in [4.69, 9.17) is 0 Å². The minimum absolute atomic E-state index is 0.327. The molecule has 0 fully saturated rings. The molecule has 2 aromatic rings. The molecule has 4 nitrogen and oxygen atoms in total. The number of anilines is 3. The Morgan fingerprint density at radius 3 is 2.42 bits per heavy atom. The van der Waals surface area contributed by atoms with E-state index in [9.17, 15) is 0 Å². The van der Waals surface area contributed by atoms with Crippen LogP contribution in [-0.2, 0) is 0 Å². The Morgan fingerprint density at radius 2 is 1.79 bits per heavy atom. The number of rotatable bonds is 4. The minimum atomic E-state index is 0.327. The maximum absolute atomic E-state index is 4.36. The van der Waals surface area contributed by atoms with Crippen LogP contribution >= 0.6 is 15.9 Å². The molecule has 1 heterocycles. The van der Waals surface area contributed by atoms with Crippen molar-refractivity contribution in [3.8, 4) is 0 Å². The number of hydrogen-bond donors (Lipinski definition) is 2. The third kappa shape index (κ3) is 3.04. The predicted octanol–water partition coefficient (Wildman–Crippen LogP) is 4.15. The zero-order valence-corrected chi connectivity index (χ0v) is 12.8. The van der Waals surface area contributed by atoms with E-state index < -0.39 is 0 Å². The van der Waals surface area contributed by atoms with E-state index in [0.29, 0.717) is 5.92 Å². The fourth-order valence-corrected chi connectivity index (χ4v) is 2.32. The van der Waals surface area contributed by atoms with Gasteiger partial charge in [-0.3, -0.25) is 0 Å². The van der Waals surface area contributed by atoms with Crippen LogP contribution in [0.4, 0.5) is 17.3 Å². The molecule has 0 aliphatic heterocycles. The molecule has 0 saturated carbocycles. The minimum Gasteiger partial charge on any atom is -0.373 e.